The van der Waals surface area contributed by atoms with Crippen molar-refractivity contribution in [3.8, 4) is 0 Å². The van der Waals surface area contributed by atoms with Crippen molar-refractivity contribution in [2.75, 3.05) is 5.32 Å². The Morgan fingerprint density at radius 1 is 1.10 bits per heavy atom. The molecule has 0 saturated carbocycles. The van der Waals surface area contributed by atoms with Gasteiger partial charge in [-0.25, -0.2) is 10.2 Å². The second kappa shape index (κ2) is 10.4. The molecule has 1 unspecified atom stereocenters. The monoisotopic (exact) mass is 452 g/mol. The quantitative estimate of drug-likeness (QED) is 0.192. The number of carboxylic acids is 1. The fourth-order valence-corrected chi connectivity index (χ4v) is 3.00. The number of carbonyl (C=O) groups excluding carboxylic acids is 2. The molecule has 158 valence electrons. The smallest absolute Gasteiger partial charge is 0.336 e. The van der Waals surface area contributed by atoms with Crippen molar-refractivity contribution in [1.29, 1.82) is 5.41 Å². The van der Waals surface area contributed by atoms with Crippen LogP contribution in [0.15, 0.2) is 42.5 Å². The number of hydrazine groups is 1. The number of nitrogens with one attached hydrogen (secondary N) is 5. The summed E-state index contributed by atoms with van der Waals surface area (Å²) in [6.45, 7) is 0. The number of amides is 3. The van der Waals surface area contributed by atoms with Crippen molar-refractivity contribution < 1.29 is 19.5 Å². The molecule has 8 N–H and O–H groups in total. The van der Waals surface area contributed by atoms with Gasteiger partial charge >= 0.3 is 12.0 Å². The first-order chi connectivity index (χ1) is 14.1. The maximum Gasteiger partial charge on any atom is 0.336 e. The number of imide groups is 1. The van der Waals surface area contributed by atoms with Gasteiger partial charge in [0.15, 0.2) is 5.96 Å². The number of urea groups is 1. The molecule has 0 saturated heterocycles. The maximum atomic E-state index is 12.2. The number of guanidine groups is 1. The molecule has 12 heteroatoms. The Balaban J connectivity index is 2.02. The van der Waals surface area contributed by atoms with Crippen molar-refractivity contribution in [1.82, 2.24) is 16.2 Å². The molecule has 0 fully saturated rings. The first kappa shape index (κ1) is 22.9. The van der Waals surface area contributed by atoms with Crippen LogP contribution in [0.4, 0.5) is 10.5 Å². The second-order valence-corrected chi connectivity index (χ2v) is 6.90. The number of carbonyl (C=O) groups is 3. The van der Waals surface area contributed by atoms with E-state index in [1.54, 1.807) is 12.1 Å². The van der Waals surface area contributed by atoms with Crippen molar-refractivity contribution in [3.05, 3.63) is 63.6 Å². The second-order valence-electron chi connectivity index (χ2n) is 6.03. The third-order valence-electron chi connectivity index (χ3n) is 3.66. The lowest BCUT2D eigenvalue weighted by molar-refractivity contribution is -0.137. The van der Waals surface area contributed by atoms with Crippen LogP contribution in [0.25, 0.3) is 0 Å². The summed E-state index contributed by atoms with van der Waals surface area (Å²) in [5.41, 5.74) is 11.0. The van der Waals surface area contributed by atoms with Gasteiger partial charge in [-0.2, -0.15) is 0 Å². The molecular formula is C18H18Cl2N6O4. The van der Waals surface area contributed by atoms with Crippen LogP contribution in [0.3, 0.4) is 0 Å². The zero-order chi connectivity index (χ0) is 22.3. The highest BCUT2D eigenvalue weighted by atomic mass is 35.5. The molecule has 10 nitrogen and oxygen atoms in total. The fourth-order valence-electron chi connectivity index (χ4n) is 2.46. The Hall–Kier alpha value is -3.34. The van der Waals surface area contributed by atoms with Crippen molar-refractivity contribution >= 4 is 52.8 Å². The molecule has 2 aromatic carbocycles. The molecule has 3 amide bonds. The summed E-state index contributed by atoms with van der Waals surface area (Å²) in [5, 5.41) is 21.5. The Morgan fingerprint density at radius 2 is 1.77 bits per heavy atom. The molecule has 2 aromatic rings. The van der Waals surface area contributed by atoms with Gasteiger partial charge in [0.1, 0.15) is 0 Å². The minimum Gasteiger partial charge on any atom is -0.481 e. The highest BCUT2D eigenvalue weighted by Gasteiger charge is 2.18. The minimum atomic E-state index is -1.13. The summed E-state index contributed by atoms with van der Waals surface area (Å²) in [6.07, 6.45) is -0.385. The van der Waals surface area contributed by atoms with E-state index in [-0.39, 0.29) is 17.9 Å². The van der Waals surface area contributed by atoms with Crippen LogP contribution < -0.4 is 27.2 Å². The summed E-state index contributed by atoms with van der Waals surface area (Å²) in [5.74, 6) is -2.15. The molecule has 0 aromatic heterocycles. The van der Waals surface area contributed by atoms with E-state index in [1.807, 2.05) is 0 Å². The summed E-state index contributed by atoms with van der Waals surface area (Å²) in [6, 6.07) is 8.73. The lowest BCUT2D eigenvalue weighted by Crippen LogP contribution is -2.48. The van der Waals surface area contributed by atoms with Gasteiger partial charge in [-0.15, -0.1) is 0 Å². The molecule has 0 bridgehead atoms. The molecule has 1 atom stereocenters. The van der Waals surface area contributed by atoms with Crippen LogP contribution in [0, 0.1) is 5.41 Å². The van der Waals surface area contributed by atoms with Crippen molar-refractivity contribution in [3.63, 3.8) is 0 Å². The van der Waals surface area contributed by atoms with Crippen LogP contribution in [0.2, 0.25) is 10.0 Å². The number of rotatable bonds is 7. The number of anilines is 1. The zero-order valence-electron chi connectivity index (χ0n) is 15.3. The number of halogens is 2. The molecular weight excluding hydrogens is 435 g/mol. The van der Waals surface area contributed by atoms with Crippen LogP contribution >= 0.6 is 23.2 Å². The first-order valence-corrected chi connectivity index (χ1v) is 9.15. The molecule has 0 aliphatic carbocycles. The van der Waals surface area contributed by atoms with Crippen molar-refractivity contribution in [2.24, 2.45) is 5.73 Å². The standard InChI is InChI=1S/C18H18Cl2N6O4/c19-11-4-10(5-12(20)7-11)14(8-15(27)28)25-26-18(30)24-16(29)9-2-1-3-13(6-9)23-17(21)22/h1-7,14,25H,8H2,(H,27,28)(H4,21,22,23)(H2,24,26,29,30). The van der Waals surface area contributed by atoms with Crippen LogP contribution in [0.5, 0.6) is 0 Å². The van der Waals surface area contributed by atoms with Gasteiger partial charge < -0.3 is 16.2 Å². The first-order valence-electron chi connectivity index (χ1n) is 8.40. The van der Waals surface area contributed by atoms with Gasteiger partial charge in [-0.1, -0.05) is 29.3 Å². The Kier molecular flexibility index (Phi) is 7.98. The van der Waals surface area contributed by atoms with E-state index in [0.717, 1.165) is 0 Å². The van der Waals surface area contributed by atoms with Crippen LogP contribution in [0.1, 0.15) is 28.4 Å². The van der Waals surface area contributed by atoms with E-state index in [1.165, 1.54) is 30.3 Å². The Bertz CT molecular complexity index is 965. The molecule has 0 heterocycles. The molecule has 0 spiro atoms. The summed E-state index contributed by atoms with van der Waals surface area (Å²) < 4.78 is 0. The largest absolute Gasteiger partial charge is 0.481 e. The minimum absolute atomic E-state index is 0.139. The number of benzene rings is 2. The molecule has 0 radical (unpaired) electrons. The predicted octanol–water partition coefficient (Wildman–Crippen LogP) is 2.46. The van der Waals surface area contributed by atoms with Gasteiger partial charge in [-0.05, 0) is 42.0 Å². The van der Waals surface area contributed by atoms with E-state index >= 15 is 0 Å². The summed E-state index contributed by atoms with van der Waals surface area (Å²) >= 11 is 11.9. The van der Waals surface area contributed by atoms with E-state index in [9.17, 15) is 14.4 Å². The number of hydrogen-bond acceptors (Lipinski definition) is 5. The van der Waals surface area contributed by atoms with Gasteiger partial charge in [-0.3, -0.25) is 25.7 Å². The number of hydrogen-bond donors (Lipinski definition) is 7. The number of nitrogens with two attached hydrogens (primary N) is 1. The summed E-state index contributed by atoms with van der Waals surface area (Å²) in [4.78, 5) is 35.5. The van der Waals surface area contributed by atoms with E-state index in [0.29, 0.717) is 21.3 Å². The third-order valence-corrected chi connectivity index (χ3v) is 4.09. The Labute approximate surface area is 181 Å². The summed E-state index contributed by atoms with van der Waals surface area (Å²) in [7, 11) is 0. The Morgan fingerprint density at radius 3 is 2.37 bits per heavy atom. The third kappa shape index (κ3) is 7.24. The van der Waals surface area contributed by atoms with Gasteiger partial charge in [0, 0.05) is 21.3 Å². The topological polar surface area (TPSA) is 169 Å². The van der Waals surface area contributed by atoms with Gasteiger partial charge in [0.05, 0.1) is 12.5 Å². The van der Waals surface area contributed by atoms with E-state index in [2.05, 4.69) is 21.5 Å². The lowest BCUT2D eigenvalue weighted by atomic mass is 10.0. The number of carboxylic acid groups (broad SMARTS) is 1. The van der Waals surface area contributed by atoms with E-state index in [4.69, 9.17) is 39.5 Å². The predicted molar refractivity (Wildman–Crippen MR) is 113 cm³/mol. The van der Waals surface area contributed by atoms with Gasteiger partial charge in [0.2, 0.25) is 0 Å². The molecule has 0 aliphatic heterocycles. The van der Waals surface area contributed by atoms with E-state index < -0.39 is 23.9 Å². The van der Waals surface area contributed by atoms with Crippen LogP contribution in [-0.2, 0) is 4.79 Å². The average Bonchev–Trinajstić information content (AvgIpc) is 2.63. The highest BCUT2D eigenvalue weighted by molar-refractivity contribution is 6.34. The van der Waals surface area contributed by atoms with Crippen molar-refractivity contribution in [2.45, 2.75) is 12.5 Å². The highest BCUT2D eigenvalue weighted by Crippen LogP contribution is 2.25. The number of aliphatic carboxylic acids is 1. The normalized spacial score (nSPS) is 11.3. The maximum absolute atomic E-state index is 12.2. The SMILES string of the molecule is N=C(N)Nc1cccc(C(=O)NC(=O)NNC(CC(=O)O)c2cc(Cl)cc(Cl)c2)c1. The molecule has 0 aliphatic rings. The molecule has 30 heavy (non-hydrogen) atoms. The zero-order valence-corrected chi connectivity index (χ0v) is 16.8. The van der Waals surface area contributed by atoms with Gasteiger partial charge in [0.25, 0.3) is 5.91 Å². The van der Waals surface area contributed by atoms with Crippen LogP contribution in [-0.4, -0.2) is 29.0 Å². The fraction of sp³-hybridized carbons (Fsp3) is 0.111. The lowest BCUT2D eigenvalue weighted by Gasteiger charge is -2.19. The average molecular weight is 453 g/mol. The molecule has 2 rings (SSSR count).